The van der Waals surface area contributed by atoms with E-state index in [-0.39, 0.29) is 5.91 Å². The Bertz CT molecular complexity index is 688. The molecule has 2 aromatic carbocycles. The fraction of sp³-hybridized carbons (Fsp3) is 0.278. The number of carbonyl (C=O) groups excluding carboxylic acids is 1. The topological polar surface area (TPSA) is 41.6 Å². The highest BCUT2D eigenvalue weighted by molar-refractivity contribution is 9.10. The lowest BCUT2D eigenvalue weighted by molar-refractivity contribution is -0.117. The van der Waals surface area contributed by atoms with Crippen molar-refractivity contribution >= 4 is 27.5 Å². The Morgan fingerprint density at radius 2 is 2.04 bits per heavy atom. The van der Waals surface area contributed by atoms with Gasteiger partial charge in [0, 0.05) is 11.0 Å². The molecule has 0 heterocycles. The third kappa shape index (κ3) is 5.37. The molecule has 0 aliphatic rings. The van der Waals surface area contributed by atoms with Crippen LogP contribution in [0.1, 0.15) is 11.1 Å². The summed E-state index contributed by atoms with van der Waals surface area (Å²) >= 11 is 3.47. The van der Waals surface area contributed by atoms with Crippen LogP contribution in [-0.2, 0) is 11.3 Å². The highest BCUT2D eigenvalue weighted by atomic mass is 79.9. The zero-order valence-corrected chi connectivity index (χ0v) is 15.2. The average molecular weight is 377 g/mol. The largest absolute Gasteiger partial charge is 0.497 e. The second kappa shape index (κ2) is 8.13. The van der Waals surface area contributed by atoms with Crippen LogP contribution in [0.25, 0.3) is 0 Å². The molecule has 0 aliphatic carbocycles. The van der Waals surface area contributed by atoms with Crippen molar-refractivity contribution < 1.29 is 9.53 Å². The van der Waals surface area contributed by atoms with Gasteiger partial charge in [0.2, 0.25) is 5.91 Å². The second-order valence-electron chi connectivity index (χ2n) is 5.56. The SMILES string of the molecule is COc1cccc(CN(C)CC(=O)Nc2ccc(C)cc2Br)c1. The van der Waals surface area contributed by atoms with Crippen molar-refractivity contribution in [3.05, 3.63) is 58.1 Å². The van der Waals surface area contributed by atoms with Crippen LogP contribution in [0, 0.1) is 6.92 Å². The second-order valence-corrected chi connectivity index (χ2v) is 6.41. The number of amides is 1. The molecule has 1 N–H and O–H groups in total. The smallest absolute Gasteiger partial charge is 0.238 e. The number of aryl methyl sites for hydroxylation is 1. The number of hydrogen-bond acceptors (Lipinski definition) is 3. The van der Waals surface area contributed by atoms with Crippen molar-refractivity contribution in [3.8, 4) is 5.75 Å². The Kier molecular flexibility index (Phi) is 6.19. The van der Waals surface area contributed by atoms with Crippen LogP contribution in [0.2, 0.25) is 0 Å². The summed E-state index contributed by atoms with van der Waals surface area (Å²) in [7, 11) is 3.57. The number of anilines is 1. The first-order valence-corrected chi connectivity index (χ1v) is 8.14. The maximum Gasteiger partial charge on any atom is 0.238 e. The van der Waals surface area contributed by atoms with Crippen molar-refractivity contribution in [2.45, 2.75) is 13.5 Å². The van der Waals surface area contributed by atoms with Gasteiger partial charge in [-0.3, -0.25) is 9.69 Å². The van der Waals surface area contributed by atoms with Crippen LogP contribution < -0.4 is 10.1 Å². The Balaban J connectivity index is 1.91. The lowest BCUT2D eigenvalue weighted by Gasteiger charge is -2.17. The van der Waals surface area contributed by atoms with E-state index in [0.29, 0.717) is 13.1 Å². The maximum atomic E-state index is 12.2. The normalized spacial score (nSPS) is 10.7. The van der Waals surface area contributed by atoms with Gasteiger partial charge >= 0.3 is 0 Å². The van der Waals surface area contributed by atoms with Gasteiger partial charge in [-0.05, 0) is 65.3 Å². The molecular weight excluding hydrogens is 356 g/mol. The molecule has 23 heavy (non-hydrogen) atoms. The van der Waals surface area contributed by atoms with Gasteiger partial charge in [0.1, 0.15) is 5.75 Å². The van der Waals surface area contributed by atoms with Crippen molar-refractivity contribution in [3.63, 3.8) is 0 Å². The van der Waals surface area contributed by atoms with Crippen molar-refractivity contribution in [2.75, 3.05) is 26.0 Å². The molecule has 122 valence electrons. The molecule has 2 aromatic rings. The predicted molar refractivity (Wildman–Crippen MR) is 96.8 cm³/mol. The van der Waals surface area contributed by atoms with Gasteiger partial charge in [-0.15, -0.1) is 0 Å². The minimum Gasteiger partial charge on any atom is -0.497 e. The lowest BCUT2D eigenvalue weighted by atomic mass is 10.2. The van der Waals surface area contributed by atoms with E-state index in [1.165, 1.54) is 0 Å². The van der Waals surface area contributed by atoms with Gasteiger partial charge in [0.05, 0.1) is 19.3 Å². The number of methoxy groups -OCH3 is 1. The van der Waals surface area contributed by atoms with E-state index < -0.39 is 0 Å². The molecular formula is C18H21BrN2O2. The van der Waals surface area contributed by atoms with Crippen LogP contribution in [0.3, 0.4) is 0 Å². The van der Waals surface area contributed by atoms with Crippen LogP contribution in [0.15, 0.2) is 46.9 Å². The van der Waals surface area contributed by atoms with E-state index >= 15 is 0 Å². The monoisotopic (exact) mass is 376 g/mol. The Hall–Kier alpha value is -1.85. The van der Waals surface area contributed by atoms with E-state index in [1.807, 2.05) is 61.3 Å². The summed E-state index contributed by atoms with van der Waals surface area (Å²) in [6.45, 7) is 3.01. The van der Waals surface area contributed by atoms with E-state index in [0.717, 1.165) is 27.0 Å². The van der Waals surface area contributed by atoms with Crippen LogP contribution >= 0.6 is 15.9 Å². The molecule has 1 amide bonds. The molecule has 0 bridgehead atoms. The Morgan fingerprint density at radius 3 is 2.74 bits per heavy atom. The maximum absolute atomic E-state index is 12.2. The summed E-state index contributed by atoms with van der Waals surface area (Å²) in [5.41, 5.74) is 3.04. The number of carbonyl (C=O) groups is 1. The van der Waals surface area contributed by atoms with Crippen LogP contribution in [-0.4, -0.2) is 31.5 Å². The van der Waals surface area contributed by atoms with Gasteiger partial charge < -0.3 is 10.1 Å². The first-order chi connectivity index (χ1) is 11.0. The standard InChI is InChI=1S/C18H21BrN2O2/c1-13-7-8-17(16(19)9-13)20-18(22)12-21(2)11-14-5-4-6-15(10-14)23-3/h4-10H,11-12H2,1-3H3,(H,20,22). The number of rotatable bonds is 6. The van der Waals surface area contributed by atoms with Gasteiger partial charge in [0.25, 0.3) is 0 Å². The molecule has 0 unspecified atom stereocenters. The van der Waals surface area contributed by atoms with E-state index in [2.05, 4.69) is 21.2 Å². The highest BCUT2D eigenvalue weighted by Gasteiger charge is 2.10. The van der Waals surface area contributed by atoms with Crippen molar-refractivity contribution in [1.82, 2.24) is 4.90 Å². The highest BCUT2D eigenvalue weighted by Crippen LogP contribution is 2.23. The molecule has 2 rings (SSSR count). The Labute approximate surface area is 145 Å². The van der Waals surface area contributed by atoms with Crippen LogP contribution in [0.5, 0.6) is 5.75 Å². The number of nitrogens with zero attached hydrogens (tertiary/aromatic N) is 1. The number of likely N-dealkylation sites (N-methyl/N-ethyl adjacent to an activating group) is 1. The van der Waals surface area contributed by atoms with E-state index in [9.17, 15) is 4.79 Å². The predicted octanol–water partition coefficient (Wildman–Crippen LogP) is 3.84. The molecule has 5 heteroatoms. The minimum atomic E-state index is -0.0417. The van der Waals surface area contributed by atoms with E-state index in [1.54, 1.807) is 7.11 Å². The summed E-state index contributed by atoms with van der Waals surface area (Å²) in [5, 5.41) is 2.92. The summed E-state index contributed by atoms with van der Waals surface area (Å²) < 4.78 is 6.11. The molecule has 0 saturated carbocycles. The summed E-state index contributed by atoms with van der Waals surface area (Å²) in [4.78, 5) is 14.1. The molecule has 0 aliphatic heterocycles. The number of nitrogens with one attached hydrogen (secondary N) is 1. The van der Waals surface area contributed by atoms with Gasteiger partial charge in [0.15, 0.2) is 0 Å². The molecule has 0 aromatic heterocycles. The fourth-order valence-electron chi connectivity index (χ4n) is 2.29. The van der Waals surface area contributed by atoms with Crippen LogP contribution in [0.4, 0.5) is 5.69 Å². The third-order valence-electron chi connectivity index (χ3n) is 3.40. The molecule has 0 spiro atoms. The zero-order chi connectivity index (χ0) is 16.8. The summed E-state index contributed by atoms with van der Waals surface area (Å²) in [5.74, 6) is 0.781. The number of halogens is 1. The zero-order valence-electron chi connectivity index (χ0n) is 13.6. The molecule has 0 saturated heterocycles. The lowest BCUT2D eigenvalue weighted by Crippen LogP contribution is -2.29. The number of ether oxygens (including phenoxy) is 1. The van der Waals surface area contributed by atoms with Gasteiger partial charge in [-0.25, -0.2) is 0 Å². The minimum absolute atomic E-state index is 0.0417. The number of benzene rings is 2. The van der Waals surface area contributed by atoms with E-state index in [4.69, 9.17) is 4.74 Å². The Morgan fingerprint density at radius 1 is 1.26 bits per heavy atom. The third-order valence-corrected chi connectivity index (χ3v) is 4.05. The first kappa shape index (κ1) is 17.5. The van der Waals surface area contributed by atoms with Gasteiger partial charge in [-0.2, -0.15) is 0 Å². The number of hydrogen-bond donors (Lipinski definition) is 1. The van der Waals surface area contributed by atoms with Crippen molar-refractivity contribution in [2.24, 2.45) is 0 Å². The quantitative estimate of drug-likeness (QED) is 0.832. The van der Waals surface area contributed by atoms with Crippen molar-refractivity contribution in [1.29, 1.82) is 0 Å². The molecule has 0 radical (unpaired) electrons. The first-order valence-electron chi connectivity index (χ1n) is 7.35. The fourth-order valence-corrected chi connectivity index (χ4v) is 2.89. The molecule has 0 atom stereocenters. The van der Waals surface area contributed by atoms with Gasteiger partial charge in [-0.1, -0.05) is 18.2 Å². The molecule has 0 fully saturated rings. The molecule has 4 nitrogen and oxygen atoms in total. The summed E-state index contributed by atoms with van der Waals surface area (Å²) in [6, 6.07) is 13.7. The summed E-state index contributed by atoms with van der Waals surface area (Å²) in [6.07, 6.45) is 0. The average Bonchev–Trinajstić information content (AvgIpc) is 2.50.